The van der Waals surface area contributed by atoms with E-state index >= 15 is 0 Å². The quantitative estimate of drug-likeness (QED) is 0.571. The molecule has 18 heavy (non-hydrogen) atoms. The zero-order valence-corrected chi connectivity index (χ0v) is 10.5. The molecule has 0 aliphatic rings. The van der Waals surface area contributed by atoms with Crippen molar-refractivity contribution in [2.75, 3.05) is 38.3 Å². The van der Waals surface area contributed by atoms with Gasteiger partial charge in [0.05, 0.1) is 18.1 Å². The van der Waals surface area contributed by atoms with Gasteiger partial charge in [0.1, 0.15) is 0 Å². The summed E-state index contributed by atoms with van der Waals surface area (Å²) in [4.78, 5) is 16.3. The summed E-state index contributed by atoms with van der Waals surface area (Å²) in [7, 11) is 1.55. The minimum Gasteiger partial charge on any atom is -0.395 e. The van der Waals surface area contributed by atoms with Crippen molar-refractivity contribution in [1.29, 1.82) is 0 Å². The van der Waals surface area contributed by atoms with Gasteiger partial charge in [-0.3, -0.25) is 10.1 Å². The van der Waals surface area contributed by atoms with Crippen LogP contribution in [-0.4, -0.2) is 48.4 Å². The number of anilines is 1. The monoisotopic (exact) mass is 255 g/mol. The lowest BCUT2D eigenvalue weighted by atomic mass is 10.2. The topological polar surface area (TPSA) is 88.7 Å². The van der Waals surface area contributed by atoms with Crippen LogP contribution in [0.3, 0.4) is 0 Å². The fraction of sp³-hybridized carbons (Fsp3) is 0.545. The van der Waals surface area contributed by atoms with Crippen LogP contribution in [0.5, 0.6) is 0 Å². The highest BCUT2D eigenvalue weighted by molar-refractivity contribution is 5.61. The van der Waals surface area contributed by atoms with Crippen molar-refractivity contribution in [1.82, 2.24) is 4.98 Å². The van der Waals surface area contributed by atoms with Gasteiger partial charge in [-0.1, -0.05) is 0 Å². The van der Waals surface area contributed by atoms with E-state index < -0.39 is 4.92 Å². The van der Waals surface area contributed by atoms with Gasteiger partial charge in [-0.05, 0) is 13.0 Å². The van der Waals surface area contributed by atoms with Gasteiger partial charge in [0, 0.05) is 32.0 Å². The van der Waals surface area contributed by atoms with Gasteiger partial charge in [0.25, 0.3) is 0 Å². The van der Waals surface area contributed by atoms with Crippen molar-refractivity contribution in [3.05, 3.63) is 27.9 Å². The smallest absolute Gasteiger partial charge is 0.314 e. The minimum absolute atomic E-state index is 0.0259. The Hall–Kier alpha value is -1.73. The molecule has 1 heterocycles. The molecular weight excluding hydrogens is 238 g/mol. The summed E-state index contributed by atoms with van der Waals surface area (Å²) in [6, 6.07) is 1.59. The molecule has 7 nitrogen and oxygen atoms in total. The van der Waals surface area contributed by atoms with Gasteiger partial charge in [-0.25, -0.2) is 4.98 Å². The summed E-state index contributed by atoms with van der Waals surface area (Å²) in [5, 5.41) is 20.1. The van der Waals surface area contributed by atoms with E-state index in [1.54, 1.807) is 25.0 Å². The summed E-state index contributed by atoms with van der Waals surface area (Å²) in [5.74, 6) is 0.270. The maximum Gasteiger partial charge on any atom is 0.314 e. The van der Waals surface area contributed by atoms with Crippen molar-refractivity contribution in [3.63, 3.8) is 0 Å². The fourth-order valence-electron chi connectivity index (χ4n) is 1.64. The van der Waals surface area contributed by atoms with Gasteiger partial charge in [0.15, 0.2) is 0 Å². The molecule has 1 rings (SSSR count). The van der Waals surface area contributed by atoms with Crippen LogP contribution in [0.25, 0.3) is 0 Å². The number of hydrogen-bond donors (Lipinski definition) is 1. The summed E-state index contributed by atoms with van der Waals surface area (Å²) >= 11 is 0. The van der Waals surface area contributed by atoms with E-state index in [4.69, 9.17) is 9.84 Å². The molecule has 1 N–H and O–H groups in total. The van der Waals surface area contributed by atoms with Crippen LogP contribution < -0.4 is 4.90 Å². The third kappa shape index (κ3) is 3.38. The summed E-state index contributed by atoms with van der Waals surface area (Å²) < 4.78 is 4.95. The van der Waals surface area contributed by atoms with Crippen LogP contribution in [-0.2, 0) is 4.74 Å². The SMILES string of the molecule is COCCN(CCO)c1nccc(C)c1[N+](=O)[O-]. The molecule has 7 heteroatoms. The second-order valence-corrected chi connectivity index (χ2v) is 3.76. The third-order valence-corrected chi connectivity index (χ3v) is 2.52. The molecule has 0 bridgehead atoms. The first kappa shape index (κ1) is 14.3. The van der Waals surface area contributed by atoms with E-state index in [1.165, 1.54) is 6.20 Å². The van der Waals surface area contributed by atoms with Crippen LogP contribution in [0.15, 0.2) is 12.3 Å². The predicted molar refractivity (Wildman–Crippen MR) is 66.8 cm³/mol. The molecule has 1 aromatic heterocycles. The number of aryl methyl sites for hydroxylation is 1. The van der Waals surface area contributed by atoms with E-state index in [1.807, 2.05) is 0 Å². The highest BCUT2D eigenvalue weighted by Crippen LogP contribution is 2.28. The first-order valence-electron chi connectivity index (χ1n) is 5.56. The average molecular weight is 255 g/mol. The van der Waals surface area contributed by atoms with Crippen molar-refractivity contribution in [2.24, 2.45) is 0 Å². The van der Waals surface area contributed by atoms with E-state index in [-0.39, 0.29) is 24.7 Å². The van der Waals surface area contributed by atoms with Gasteiger partial charge < -0.3 is 14.7 Å². The Balaban J connectivity index is 3.10. The molecule has 0 spiro atoms. The van der Waals surface area contributed by atoms with Gasteiger partial charge in [0.2, 0.25) is 5.82 Å². The highest BCUT2D eigenvalue weighted by atomic mass is 16.6. The number of methoxy groups -OCH3 is 1. The number of pyridine rings is 1. The summed E-state index contributed by atoms with van der Waals surface area (Å²) in [5.41, 5.74) is 0.521. The lowest BCUT2D eigenvalue weighted by molar-refractivity contribution is -0.384. The van der Waals surface area contributed by atoms with Crippen molar-refractivity contribution in [2.45, 2.75) is 6.92 Å². The number of aromatic nitrogens is 1. The van der Waals surface area contributed by atoms with Crippen LogP contribution in [0.2, 0.25) is 0 Å². The molecular formula is C11H17N3O4. The molecule has 0 saturated heterocycles. The lowest BCUT2D eigenvalue weighted by Gasteiger charge is -2.22. The summed E-state index contributed by atoms with van der Waals surface area (Å²) in [6.45, 7) is 2.69. The maximum absolute atomic E-state index is 11.1. The third-order valence-electron chi connectivity index (χ3n) is 2.52. The Morgan fingerprint density at radius 1 is 1.56 bits per heavy atom. The molecule has 0 fully saturated rings. The van der Waals surface area contributed by atoms with E-state index in [2.05, 4.69) is 4.98 Å². The van der Waals surface area contributed by atoms with Gasteiger partial charge in [-0.15, -0.1) is 0 Å². The van der Waals surface area contributed by atoms with Crippen molar-refractivity contribution < 1.29 is 14.8 Å². The first-order valence-corrected chi connectivity index (χ1v) is 5.56. The fourth-order valence-corrected chi connectivity index (χ4v) is 1.64. The maximum atomic E-state index is 11.1. The minimum atomic E-state index is -0.450. The Morgan fingerprint density at radius 2 is 2.28 bits per heavy atom. The van der Waals surface area contributed by atoms with E-state index in [0.717, 1.165) is 0 Å². The highest BCUT2D eigenvalue weighted by Gasteiger charge is 2.23. The Bertz CT molecular complexity index is 411. The number of rotatable bonds is 7. The largest absolute Gasteiger partial charge is 0.395 e. The second kappa shape index (κ2) is 6.87. The Labute approximate surface area is 105 Å². The molecule has 0 saturated carbocycles. The lowest BCUT2D eigenvalue weighted by Crippen LogP contribution is -2.31. The zero-order chi connectivity index (χ0) is 13.5. The van der Waals surface area contributed by atoms with Crippen LogP contribution >= 0.6 is 0 Å². The standard InChI is InChI=1S/C11H17N3O4/c1-9-3-4-12-11(10(9)14(16)17)13(5-7-15)6-8-18-2/h3-4,15H,5-8H2,1-2H3. The van der Waals surface area contributed by atoms with Crippen molar-refractivity contribution in [3.8, 4) is 0 Å². The number of aliphatic hydroxyl groups is 1. The molecule has 0 aliphatic carbocycles. The normalized spacial score (nSPS) is 10.4. The molecule has 100 valence electrons. The van der Waals surface area contributed by atoms with E-state index in [0.29, 0.717) is 18.7 Å². The molecule has 1 aromatic rings. The number of aliphatic hydroxyl groups excluding tert-OH is 1. The molecule has 0 aliphatic heterocycles. The molecule has 0 atom stereocenters. The van der Waals surface area contributed by atoms with Crippen molar-refractivity contribution >= 4 is 11.5 Å². The zero-order valence-electron chi connectivity index (χ0n) is 10.5. The van der Waals surface area contributed by atoms with Crippen LogP contribution in [0, 0.1) is 17.0 Å². The average Bonchev–Trinajstić information content (AvgIpc) is 2.33. The summed E-state index contributed by atoms with van der Waals surface area (Å²) in [6.07, 6.45) is 1.52. The molecule has 0 unspecified atom stereocenters. The second-order valence-electron chi connectivity index (χ2n) is 3.76. The van der Waals surface area contributed by atoms with E-state index in [9.17, 15) is 10.1 Å². The first-order chi connectivity index (χ1) is 8.61. The number of ether oxygens (including phenoxy) is 1. The van der Waals surface area contributed by atoms with Crippen LogP contribution in [0.4, 0.5) is 11.5 Å². The Morgan fingerprint density at radius 3 is 2.83 bits per heavy atom. The molecule has 0 radical (unpaired) electrons. The Kier molecular flexibility index (Phi) is 5.47. The number of nitro groups is 1. The molecule has 0 aromatic carbocycles. The van der Waals surface area contributed by atoms with Gasteiger partial charge >= 0.3 is 5.69 Å². The molecule has 0 amide bonds. The number of nitrogens with zero attached hydrogens (tertiary/aromatic N) is 3. The number of hydrogen-bond acceptors (Lipinski definition) is 6. The van der Waals surface area contributed by atoms with Gasteiger partial charge in [-0.2, -0.15) is 0 Å². The van der Waals surface area contributed by atoms with Crippen LogP contribution in [0.1, 0.15) is 5.56 Å². The predicted octanol–water partition coefficient (Wildman–Crippen LogP) is 0.743.